The molecule has 8 nitrogen and oxygen atoms in total. The van der Waals surface area contributed by atoms with Crippen molar-refractivity contribution in [2.75, 3.05) is 13.2 Å². The van der Waals surface area contributed by atoms with Crippen LogP contribution in [0.25, 0.3) is 16.9 Å². The van der Waals surface area contributed by atoms with Gasteiger partial charge in [-0.1, -0.05) is 36.4 Å². The van der Waals surface area contributed by atoms with Crippen molar-refractivity contribution in [2.45, 2.75) is 20.3 Å². The summed E-state index contributed by atoms with van der Waals surface area (Å²) in [6, 6.07) is 25.1. The monoisotopic (exact) mass is 537 g/mol. The zero-order valence-electron chi connectivity index (χ0n) is 22.5. The number of aliphatic carboxylic acids is 1. The summed E-state index contributed by atoms with van der Waals surface area (Å²) in [6.07, 6.45) is 3.61. The number of hydrogen-bond donors (Lipinski definition) is 2. The third-order valence-electron chi connectivity index (χ3n) is 6.07. The molecule has 0 bridgehead atoms. The van der Waals surface area contributed by atoms with Crippen molar-refractivity contribution in [3.05, 3.63) is 114 Å². The first-order chi connectivity index (χ1) is 19.4. The Morgan fingerprint density at radius 1 is 1.02 bits per heavy atom. The van der Waals surface area contributed by atoms with Gasteiger partial charge in [0.25, 0.3) is 5.91 Å². The largest absolute Gasteiger partial charge is 0.490 e. The zero-order valence-corrected chi connectivity index (χ0v) is 22.5. The number of nitrogens with one attached hydrogen (secondary N) is 1. The average Bonchev–Trinajstić information content (AvgIpc) is 3.34. The van der Waals surface area contributed by atoms with Crippen molar-refractivity contribution < 1.29 is 24.2 Å². The van der Waals surface area contributed by atoms with E-state index in [4.69, 9.17) is 14.6 Å². The molecule has 0 saturated heterocycles. The van der Waals surface area contributed by atoms with Crippen LogP contribution < -0.4 is 14.9 Å². The summed E-state index contributed by atoms with van der Waals surface area (Å²) >= 11 is 0. The second-order valence-corrected chi connectivity index (χ2v) is 8.92. The number of rotatable bonds is 12. The summed E-state index contributed by atoms with van der Waals surface area (Å²) in [5, 5.41) is 13.1. The van der Waals surface area contributed by atoms with Gasteiger partial charge in [-0.3, -0.25) is 4.79 Å². The van der Waals surface area contributed by atoms with Gasteiger partial charge in [0, 0.05) is 22.5 Å². The lowest BCUT2D eigenvalue weighted by molar-refractivity contribution is -0.139. The van der Waals surface area contributed by atoms with Crippen molar-refractivity contribution in [3.63, 3.8) is 0 Å². The molecule has 0 saturated carbocycles. The van der Waals surface area contributed by atoms with E-state index in [1.807, 2.05) is 44.2 Å². The number of carboxylic acid groups (broad SMARTS) is 1. The molecule has 0 spiro atoms. The SMILES string of the molecule is C=CCc1cc(/C=N/NC(=O)c2ccc(-n3c(C)ccc3-c3ccccc3)cc2)cc(OCC)c1OCC(=O)O. The van der Waals surface area contributed by atoms with Gasteiger partial charge in [0.1, 0.15) is 0 Å². The molecular formula is C32H31N3O5. The van der Waals surface area contributed by atoms with Crippen LogP contribution >= 0.6 is 0 Å². The average molecular weight is 538 g/mol. The van der Waals surface area contributed by atoms with Gasteiger partial charge in [-0.15, -0.1) is 6.58 Å². The zero-order chi connectivity index (χ0) is 28.5. The first-order valence-electron chi connectivity index (χ1n) is 12.8. The maximum atomic E-state index is 12.8. The maximum absolute atomic E-state index is 12.8. The van der Waals surface area contributed by atoms with Crippen LogP contribution in [-0.4, -0.2) is 41.0 Å². The molecular weight excluding hydrogens is 506 g/mol. The van der Waals surface area contributed by atoms with Crippen LogP contribution in [0.3, 0.4) is 0 Å². The molecule has 40 heavy (non-hydrogen) atoms. The van der Waals surface area contributed by atoms with E-state index in [1.165, 1.54) is 6.21 Å². The smallest absolute Gasteiger partial charge is 0.341 e. The molecule has 1 heterocycles. The predicted molar refractivity (Wildman–Crippen MR) is 156 cm³/mol. The molecule has 3 aromatic carbocycles. The minimum absolute atomic E-state index is 0.346. The number of amides is 1. The molecule has 204 valence electrons. The number of hydrazone groups is 1. The third-order valence-corrected chi connectivity index (χ3v) is 6.07. The Bertz CT molecular complexity index is 1520. The number of aryl methyl sites for hydroxylation is 1. The highest BCUT2D eigenvalue weighted by Gasteiger charge is 2.15. The third kappa shape index (κ3) is 6.66. The lowest BCUT2D eigenvalue weighted by Gasteiger charge is -2.15. The van der Waals surface area contributed by atoms with Crippen LogP contribution in [0.4, 0.5) is 0 Å². The summed E-state index contributed by atoms with van der Waals surface area (Å²) in [6.45, 7) is 7.49. The lowest BCUT2D eigenvalue weighted by atomic mass is 10.1. The number of allylic oxidation sites excluding steroid dienone is 1. The molecule has 0 unspecified atom stereocenters. The second-order valence-electron chi connectivity index (χ2n) is 8.92. The van der Waals surface area contributed by atoms with Crippen LogP contribution in [0.15, 0.2) is 96.6 Å². The molecule has 4 aromatic rings. The summed E-state index contributed by atoms with van der Waals surface area (Å²) in [5.74, 6) is -0.706. The van der Waals surface area contributed by atoms with Gasteiger partial charge in [-0.2, -0.15) is 5.10 Å². The molecule has 0 aliphatic carbocycles. The Kier molecular flexibility index (Phi) is 9.15. The Morgan fingerprint density at radius 3 is 2.45 bits per heavy atom. The molecule has 0 atom stereocenters. The summed E-state index contributed by atoms with van der Waals surface area (Å²) in [4.78, 5) is 23.8. The number of carbonyl (C=O) groups excluding carboxylic acids is 1. The van der Waals surface area contributed by atoms with Crippen molar-refractivity contribution in [3.8, 4) is 28.4 Å². The van der Waals surface area contributed by atoms with Crippen LogP contribution in [0.5, 0.6) is 11.5 Å². The molecule has 8 heteroatoms. The minimum atomic E-state index is -1.09. The number of nitrogens with zero attached hydrogens (tertiary/aromatic N) is 2. The van der Waals surface area contributed by atoms with Crippen LogP contribution in [0.2, 0.25) is 0 Å². The van der Waals surface area contributed by atoms with E-state index >= 15 is 0 Å². The van der Waals surface area contributed by atoms with Crippen molar-refractivity contribution in [1.82, 2.24) is 9.99 Å². The van der Waals surface area contributed by atoms with E-state index in [9.17, 15) is 9.59 Å². The Morgan fingerprint density at radius 2 is 1.77 bits per heavy atom. The van der Waals surface area contributed by atoms with E-state index < -0.39 is 12.6 Å². The highest BCUT2D eigenvalue weighted by molar-refractivity contribution is 5.95. The van der Waals surface area contributed by atoms with Gasteiger partial charge in [-0.05, 0) is 79.9 Å². The number of benzene rings is 3. The Balaban J connectivity index is 1.50. The molecule has 4 rings (SSSR count). The van der Waals surface area contributed by atoms with E-state index in [1.54, 1.807) is 30.3 Å². The molecule has 1 aromatic heterocycles. The Hall–Kier alpha value is -5.11. The van der Waals surface area contributed by atoms with Gasteiger partial charge in [0.15, 0.2) is 18.1 Å². The summed E-state index contributed by atoms with van der Waals surface area (Å²) < 4.78 is 13.3. The molecule has 1 amide bonds. The number of ether oxygens (including phenoxy) is 2. The standard InChI is InChI=1S/C32H31N3O5/c1-4-9-26-18-23(19-29(39-5-2)31(26)40-21-30(36)37)20-33-34-32(38)25-13-15-27(16-14-25)35-22(3)12-17-28(35)24-10-7-6-8-11-24/h4,6-8,10-20H,1,5,9,21H2,2-3H3,(H,34,38)(H,36,37)/b33-20+. The van der Waals surface area contributed by atoms with Crippen LogP contribution in [0, 0.1) is 6.92 Å². The van der Waals surface area contributed by atoms with Crippen molar-refractivity contribution in [1.29, 1.82) is 0 Å². The number of aromatic nitrogens is 1. The topological polar surface area (TPSA) is 102 Å². The van der Waals surface area contributed by atoms with Gasteiger partial charge in [0.2, 0.25) is 0 Å². The quantitative estimate of drug-likeness (QED) is 0.135. The first kappa shape index (κ1) is 27.9. The molecule has 0 radical (unpaired) electrons. The number of carbonyl (C=O) groups is 2. The van der Waals surface area contributed by atoms with Gasteiger partial charge < -0.3 is 19.1 Å². The van der Waals surface area contributed by atoms with Crippen molar-refractivity contribution >= 4 is 18.1 Å². The molecule has 0 aliphatic heterocycles. The highest BCUT2D eigenvalue weighted by atomic mass is 16.5. The van der Waals surface area contributed by atoms with E-state index in [0.29, 0.717) is 41.2 Å². The lowest BCUT2D eigenvalue weighted by Crippen LogP contribution is -2.17. The summed E-state index contributed by atoms with van der Waals surface area (Å²) in [7, 11) is 0. The Labute approximate surface area is 233 Å². The molecule has 2 N–H and O–H groups in total. The van der Waals surface area contributed by atoms with E-state index in [0.717, 1.165) is 22.6 Å². The first-order valence-corrected chi connectivity index (χ1v) is 12.8. The fourth-order valence-electron chi connectivity index (χ4n) is 4.33. The minimum Gasteiger partial charge on any atom is -0.490 e. The summed E-state index contributed by atoms with van der Waals surface area (Å²) in [5.41, 5.74) is 8.58. The van der Waals surface area contributed by atoms with Crippen molar-refractivity contribution in [2.24, 2.45) is 5.10 Å². The van der Waals surface area contributed by atoms with Gasteiger partial charge in [0.05, 0.1) is 18.5 Å². The van der Waals surface area contributed by atoms with Crippen LogP contribution in [-0.2, 0) is 11.2 Å². The van der Waals surface area contributed by atoms with Gasteiger partial charge >= 0.3 is 5.97 Å². The van der Waals surface area contributed by atoms with E-state index in [2.05, 4.69) is 45.9 Å². The van der Waals surface area contributed by atoms with Crippen LogP contribution in [0.1, 0.15) is 34.1 Å². The van der Waals surface area contributed by atoms with E-state index in [-0.39, 0.29) is 5.91 Å². The highest BCUT2D eigenvalue weighted by Crippen LogP contribution is 2.33. The maximum Gasteiger partial charge on any atom is 0.341 e. The molecule has 0 aliphatic rings. The fraction of sp³-hybridized carbons (Fsp3) is 0.156. The number of carboxylic acids is 1. The van der Waals surface area contributed by atoms with Gasteiger partial charge in [-0.25, -0.2) is 10.2 Å². The normalized spacial score (nSPS) is 10.8. The molecule has 0 fully saturated rings. The predicted octanol–water partition coefficient (Wildman–Crippen LogP) is 5.81. The second kappa shape index (κ2) is 13.1. The number of hydrogen-bond acceptors (Lipinski definition) is 5. The fourth-order valence-corrected chi connectivity index (χ4v) is 4.33.